The van der Waals surface area contributed by atoms with E-state index in [1.54, 1.807) is 6.07 Å². The van der Waals surface area contributed by atoms with E-state index in [2.05, 4.69) is 4.89 Å². The number of aromatic carboxylic acids is 1. The predicted octanol–water partition coefficient (Wildman–Crippen LogP) is 5.82. The molecule has 39 heavy (non-hydrogen) atoms. The van der Waals surface area contributed by atoms with Gasteiger partial charge in [-0.25, -0.2) is 19.4 Å². The zero-order valence-electron chi connectivity index (χ0n) is 21.1. The fourth-order valence-electron chi connectivity index (χ4n) is 4.15. The van der Waals surface area contributed by atoms with Crippen molar-refractivity contribution in [3.05, 3.63) is 142 Å². The van der Waals surface area contributed by atoms with Crippen molar-refractivity contribution in [1.29, 1.82) is 0 Å². The first-order valence-corrected chi connectivity index (χ1v) is 12.3. The summed E-state index contributed by atoms with van der Waals surface area (Å²) in [5.41, 5.74) is 5.16. The van der Waals surface area contributed by atoms with E-state index in [1.165, 1.54) is 12.1 Å². The van der Waals surface area contributed by atoms with Gasteiger partial charge >= 0.3 is 11.9 Å². The maximum Gasteiger partial charge on any atom is 0.341 e. The van der Waals surface area contributed by atoms with Gasteiger partial charge in [-0.05, 0) is 58.4 Å². The summed E-state index contributed by atoms with van der Waals surface area (Å²) in [4.78, 5) is 39.0. The average molecular weight is 529 g/mol. The molecule has 0 aromatic heterocycles. The highest BCUT2D eigenvalue weighted by Crippen LogP contribution is 2.19. The van der Waals surface area contributed by atoms with Crippen LogP contribution in [0.3, 0.4) is 0 Å². The van der Waals surface area contributed by atoms with Crippen LogP contribution in [0.15, 0.2) is 97.1 Å². The quantitative estimate of drug-likeness (QED) is 0.0734. The molecule has 0 fully saturated rings. The molecule has 0 spiro atoms. The number of hydrogen-bond acceptors (Lipinski definition) is 7. The monoisotopic (exact) mass is 528 g/mol. The number of carboxylic acid groups (broad SMARTS) is 1. The third-order valence-electron chi connectivity index (χ3n) is 6.06. The molecule has 4 rings (SSSR count). The minimum absolute atomic E-state index is 0.00576. The number of ether oxygens (including phenoxy) is 1. The van der Waals surface area contributed by atoms with Crippen LogP contribution >= 0.6 is 0 Å². The van der Waals surface area contributed by atoms with Crippen molar-refractivity contribution in [2.75, 3.05) is 6.79 Å². The minimum atomic E-state index is -1.24. The number of carboxylic acids is 1. The molecule has 0 aliphatic heterocycles. The van der Waals surface area contributed by atoms with Crippen LogP contribution in [0.2, 0.25) is 0 Å². The van der Waals surface area contributed by atoms with Crippen molar-refractivity contribution < 1.29 is 39.4 Å². The third-order valence-corrected chi connectivity index (χ3v) is 6.06. The molecule has 0 aliphatic rings. The van der Waals surface area contributed by atoms with Crippen molar-refractivity contribution in [3.63, 3.8) is 0 Å². The third kappa shape index (κ3) is 8.07. The Hall–Kier alpha value is -4.34. The molecule has 0 amide bonds. The summed E-state index contributed by atoms with van der Waals surface area (Å²) in [6, 6.07) is 29.9. The molecule has 0 saturated carbocycles. The molecule has 0 heterocycles. The van der Waals surface area contributed by atoms with Crippen molar-refractivity contribution in [3.8, 4) is 0 Å². The molecule has 0 bridgehead atoms. The molecule has 0 aliphatic carbocycles. The van der Waals surface area contributed by atoms with Gasteiger partial charge in [-0.3, -0.25) is 5.26 Å². The SMILES string of the molecule is O=C(O)c1ccc(Cc2ccccc2)cc1C(=O)OCOOCc1cc(Cc2ccccc2)ccc1COO. The first-order valence-electron chi connectivity index (χ1n) is 12.3. The number of rotatable bonds is 13. The maximum absolute atomic E-state index is 12.7. The summed E-state index contributed by atoms with van der Waals surface area (Å²) in [6.45, 7) is -0.571. The molecular formula is C31H28O8. The Bertz CT molecular complexity index is 1390. The molecule has 8 heteroatoms. The van der Waals surface area contributed by atoms with Crippen LogP contribution in [-0.4, -0.2) is 29.1 Å². The van der Waals surface area contributed by atoms with Crippen LogP contribution in [0.4, 0.5) is 0 Å². The lowest BCUT2D eigenvalue weighted by molar-refractivity contribution is -0.335. The van der Waals surface area contributed by atoms with E-state index in [9.17, 15) is 14.7 Å². The van der Waals surface area contributed by atoms with Crippen LogP contribution in [0.25, 0.3) is 0 Å². The summed E-state index contributed by atoms with van der Waals surface area (Å²) >= 11 is 0. The molecule has 0 radical (unpaired) electrons. The Balaban J connectivity index is 1.35. The molecule has 2 N–H and O–H groups in total. The van der Waals surface area contributed by atoms with Crippen LogP contribution < -0.4 is 0 Å². The van der Waals surface area contributed by atoms with Gasteiger partial charge in [-0.15, -0.1) is 0 Å². The summed E-state index contributed by atoms with van der Waals surface area (Å²) in [7, 11) is 0. The smallest absolute Gasteiger partial charge is 0.341 e. The van der Waals surface area contributed by atoms with E-state index in [0.29, 0.717) is 18.4 Å². The molecule has 4 aromatic rings. The van der Waals surface area contributed by atoms with Gasteiger partial charge in [0.1, 0.15) is 13.2 Å². The Morgan fingerprint density at radius 3 is 1.85 bits per heavy atom. The lowest BCUT2D eigenvalue weighted by Crippen LogP contribution is -2.14. The van der Waals surface area contributed by atoms with Crippen LogP contribution in [0.1, 0.15) is 54.1 Å². The van der Waals surface area contributed by atoms with Gasteiger partial charge in [-0.1, -0.05) is 84.9 Å². The molecule has 200 valence electrons. The standard InChI is InChI=1S/C31H28O8/c32-30(33)28-14-12-25(16-23-9-5-2-6-10-23)18-29(28)31(34)36-21-39-38-20-27-17-24(11-13-26(27)19-37-35)15-22-7-3-1-4-8-22/h1-14,17-18,35H,15-16,19-21H2,(H,32,33). The highest BCUT2D eigenvalue weighted by atomic mass is 17.2. The Labute approximate surface area is 225 Å². The normalized spacial score (nSPS) is 10.8. The Kier molecular flexibility index (Phi) is 9.93. The van der Waals surface area contributed by atoms with Gasteiger partial charge in [0.15, 0.2) is 0 Å². The summed E-state index contributed by atoms with van der Waals surface area (Å²) < 4.78 is 5.13. The molecule has 4 aromatic carbocycles. The van der Waals surface area contributed by atoms with E-state index in [0.717, 1.165) is 27.8 Å². The van der Waals surface area contributed by atoms with Gasteiger partial charge in [0.05, 0.1) is 11.1 Å². The van der Waals surface area contributed by atoms with Crippen LogP contribution in [-0.2, 0) is 45.5 Å². The van der Waals surface area contributed by atoms with E-state index < -0.39 is 18.7 Å². The lowest BCUT2D eigenvalue weighted by Gasteiger charge is -2.12. The highest BCUT2D eigenvalue weighted by Gasteiger charge is 2.19. The summed E-state index contributed by atoms with van der Waals surface area (Å²) in [6.07, 6.45) is 1.24. The number of hydrogen-bond donors (Lipinski definition) is 2. The maximum atomic E-state index is 12.7. The first-order chi connectivity index (χ1) is 19.0. The van der Waals surface area contributed by atoms with Gasteiger partial charge in [0.2, 0.25) is 6.79 Å². The van der Waals surface area contributed by atoms with Crippen molar-refractivity contribution in [2.24, 2.45) is 0 Å². The van der Waals surface area contributed by atoms with Gasteiger partial charge in [0.25, 0.3) is 0 Å². The topological polar surface area (TPSA) is 112 Å². The molecule has 0 saturated heterocycles. The van der Waals surface area contributed by atoms with Crippen molar-refractivity contribution >= 4 is 11.9 Å². The number of benzene rings is 4. The second-order valence-electron chi connectivity index (χ2n) is 8.82. The number of carbonyl (C=O) groups is 2. The highest BCUT2D eigenvalue weighted by molar-refractivity contribution is 6.02. The average Bonchev–Trinajstić information content (AvgIpc) is 2.95. The number of carbonyl (C=O) groups excluding carboxylic acids is 1. The summed E-state index contributed by atoms with van der Waals surface area (Å²) in [5.74, 6) is -2.08. The zero-order valence-corrected chi connectivity index (χ0v) is 21.1. The fraction of sp³-hybridized carbons (Fsp3) is 0.161. The lowest BCUT2D eigenvalue weighted by atomic mass is 9.99. The van der Waals surface area contributed by atoms with Gasteiger partial charge in [0, 0.05) is 0 Å². The first kappa shape index (κ1) is 27.7. The predicted molar refractivity (Wildman–Crippen MR) is 142 cm³/mol. The van der Waals surface area contributed by atoms with E-state index in [-0.39, 0.29) is 24.3 Å². The van der Waals surface area contributed by atoms with Gasteiger partial charge < -0.3 is 9.84 Å². The van der Waals surface area contributed by atoms with Gasteiger partial charge in [-0.2, -0.15) is 4.89 Å². The summed E-state index contributed by atoms with van der Waals surface area (Å²) in [5, 5.41) is 18.4. The Morgan fingerprint density at radius 1 is 0.615 bits per heavy atom. The van der Waals surface area contributed by atoms with E-state index in [1.807, 2.05) is 78.9 Å². The molecular weight excluding hydrogens is 500 g/mol. The minimum Gasteiger partial charge on any atom is -0.478 e. The fourth-order valence-corrected chi connectivity index (χ4v) is 4.15. The van der Waals surface area contributed by atoms with Crippen LogP contribution in [0, 0.1) is 0 Å². The second-order valence-corrected chi connectivity index (χ2v) is 8.82. The van der Waals surface area contributed by atoms with E-state index in [4.69, 9.17) is 19.8 Å². The van der Waals surface area contributed by atoms with Crippen LogP contribution in [0.5, 0.6) is 0 Å². The second kappa shape index (κ2) is 14.0. The largest absolute Gasteiger partial charge is 0.478 e. The number of esters is 1. The molecule has 0 atom stereocenters. The van der Waals surface area contributed by atoms with E-state index >= 15 is 0 Å². The Morgan fingerprint density at radius 2 is 1.23 bits per heavy atom. The van der Waals surface area contributed by atoms with Crippen molar-refractivity contribution in [2.45, 2.75) is 26.1 Å². The molecule has 0 unspecified atom stereocenters. The zero-order chi connectivity index (χ0) is 27.5. The molecule has 8 nitrogen and oxygen atoms in total. The van der Waals surface area contributed by atoms with Crippen molar-refractivity contribution in [1.82, 2.24) is 0 Å².